The summed E-state index contributed by atoms with van der Waals surface area (Å²) >= 11 is 0. The fourth-order valence-corrected chi connectivity index (χ4v) is 9.99. The smallest absolute Gasteiger partial charge is 0.326 e. The van der Waals surface area contributed by atoms with E-state index in [-0.39, 0.29) is 56.0 Å². The van der Waals surface area contributed by atoms with Gasteiger partial charge in [0, 0.05) is 19.1 Å². The van der Waals surface area contributed by atoms with Crippen molar-refractivity contribution in [3.63, 3.8) is 0 Å². The first-order valence-electron chi connectivity index (χ1n) is 25.1. The Morgan fingerprint density at radius 2 is 1.36 bits per heavy atom. The molecule has 3 aromatic carbocycles. The van der Waals surface area contributed by atoms with Crippen LogP contribution in [-0.4, -0.2) is 125 Å². The Balaban J connectivity index is 1.40. The summed E-state index contributed by atoms with van der Waals surface area (Å²) in [7, 11) is 1.70. The number of likely N-dealkylation sites (N-methyl/N-ethyl adjacent to an activating group) is 1. The van der Waals surface area contributed by atoms with Gasteiger partial charge in [-0.25, -0.2) is 4.79 Å². The lowest BCUT2D eigenvalue weighted by Gasteiger charge is -2.42. The molecule has 0 bridgehead atoms. The first kappa shape index (κ1) is 54.6. The van der Waals surface area contributed by atoms with E-state index in [0.717, 1.165) is 36.0 Å². The van der Waals surface area contributed by atoms with Gasteiger partial charge in [-0.3, -0.25) is 29.0 Å². The highest BCUT2D eigenvalue weighted by atomic mass is 16.4. The van der Waals surface area contributed by atoms with Crippen molar-refractivity contribution in [3.05, 3.63) is 108 Å². The van der Waals surface area contributed by atoms with Crippen LogP contribution in [0.3, 0.4) is 0 Å². The number of aliphatic imine (C=N–C) groups is 1. The maximum atomic E-state index is 15.2. The summed E-state index contributed by atoms with van der Waals surface area (Å²) in [5.74, 6) is -3.41. The van der Waals surface area contributed by atoms with Crippen LogP contribution in [0.15, 0.2) is 96.0 Å². The van der Waals surface area contributed by atoms with E-state index < -0.39 is 59.4 Å². The third-order valence-electron chi connectivity index (χ3n) is 13.6. The van der Waals surface area contributed by atoms with Gasteiger partial charge in [0.15, 0.2) is 5.96 Å². The van der Waals surface area contributed by atoms with Crippen LogP contribution < -0.4 is 38.5 Å². The number of hydrogen-bond donors (Lipinski definition) is 8. The van der Waals surface area contributed by atoms with Crippen molar-refractivity contribution in [1.29, 1.82) is 0 Å². The predicted molar refractivity (Wildman–Crippen MR) is 271 cm³/mol. The second kappa shape index (κ2) is 27.8. The topological polar surface area (TPSA) is 268 Å². The average Bonchev–Trinajstić information content (AvgIpc) is 3.85. The lowest BCUT2D eigenvalue weighted by molar-refractivity contribution is -0.154. The first-order chi connectivity index (χ1) is 33.7. The zero-order valence-corrected chi connectivity index (χ0v) is 41.0. The summed E-state index contributed by atoms with van der Waals surface area (Å²) in [5.41, 5.74) is 18.3. The van der Waals surface area contributed by atoms with E-state index in [1.165, 1.54) is 4.90 Å². The highest BCUT2D eigenvalue weighted by molar-refractivity contribution is 5.95. The molecule has 70 heavy (non-hydrogen) atoms. The number of guanidine groups is 1. The molecule has 1 saturated carbocycles. The van der Waals surface area contributed by atoms with E-state index in [4.69, 9.17) is 17.2 Å². The number of carboxylic acid groups (broad SMARTS) is 1. The molecule has 5 rings (SSSR count). The Kier molecular flexibility index (Phi) is 21.7. The van der Waals surface area contributed by atoms with Crippen LogP contribution in [0.4, 0.5) is 0 Å². The molecule has 17 heteroatoms. The monoisotopic (exact) mass is 965 g/mol. The van der Waals surface area contributed by atoms with Crippen molar-refractivity contribution >= 4 is 41.5 Å². The highest BCUT2D eigenvalue weighted by Gasteiger charge is 2.43. The number of amides is 5. The van der Waals surface area contributed by atoms with Gasteiger partial charge in [0.25, 0.3) is 0 Å². The number of nitrogens with zero attached hydrogens (tertiary/aromatic N) is 3. The van der Waals surface area contributed by atoms with Gasteiger partial charge in [0.1, 0.15) is 24.2 Å². The van der Waals surface area contributed by atoms with E-state index in [1.807, 2.05) is 91.0 Å². The van der Waals surface area contributed by atoms with Crippen molar-refractivity contribution in [2.45, 2.75) is 151 Å². The second-order valence-corrected chi connectivity index (χ2v) is 19.0. The summed E-state index contributed by atoms with van der Waals surface area (Å²) in [4.78, 5) is 92.4. The van der Waals surface area contributed by atoms with Crippen LogP contribution in [0, 0.1) is 0 Å². The lowest BCUT2D eigenvalue weighted by Crippen LogP contribution is -2.61. The number of hydrogen-bond acceptors (Lipinski definition) is 9. The Labute approximate surface area is 413 Å². The van der Waals surface area contributed by atoms with E-state index in [2.05, 4.69) is 26.3 Å². The number of carboxylic acids is 1. The molecule has 5 amide bonds. The third kappa shape index (κ3) is 16.4. The Morgan fingerprint density at radius 1 is 0.757 bits per heavy atom. The minimum absolute atomic E-state index is 0.102. The lowest BCUT2D eigenvalue weighted by atomic mass is 9.80. The SMILES string of the molecule is CN[C@@H](Cc1ccccc1)C(=O)N[C@@H](CCCCN)C(=O)N1CCC[C@H]1C(=O)N[C@@H](C)C(=O)NC(CC(=O)N(C1CCCCC1)[C@H](CCCN=C(N)N)C(=O)O)(Cc1ccccc1)Cc1ccccc1. The van der Waals surface area contributed by atoms with Crippen LogP contribution >= 0.6 is 0 Å². The quantitative estimate of drug-likeness (QED) is 0.0312. The summed E-state index contributed by atoms with van der Waals surface area (Å²) in [6.45, 7) is 2.49. The number of nitrogens with one attached hydrogen (secondary N) is 4. The van der Waals surface area contributed by atoms with Crippen LogP contribution in [0.5, 0.6) is 0 Å². The van der Waals surface area contributed by atoms with Crippen molar-refractivity contribution in [2.75, 3.05) is 26.7 Å². The molecule has 0 radical (unpaired) electrons. The average molecular weight is 965 g/mol. The number of likely N-dealkylation sites (tertiary alicyclic amines) is 1. The zero-order valence-electron chi connectivity index (χ0n) is 41.0. The molecule has 17 nitrogen and oxygen atoms in total. The Hall–Kier alpha value is -6.33. The number of carbonyl (C=O) groups excluding carboxylic acids is 5. The molecule has 0 aromatic heterocycles. The molecular weight excluding hydrogens is 889 g/mol. The van der Waals surface area contributed by atoms with Crippen LogP contribution in [0.25, 0.3) is 0 Å². The highest BCUT2D eigenvalue weighted by Crippen LogP contribution is 2.31. The van der Waals surface area contributed by atoms with Gasteiger partial charge in [-0.1, -0.05) is 110 Å². The number of nitrogens with two attached hydrogens (primary N) is 3. The zero-order chi connectivity index (χ0) is 50.5. The second-order valence-electron chi connectivity index (χ2n) is 19.0. The first-order valence-corrected chi connectivity index (χ1v) is 25.1. The standard InChI is InChI=1S/C53H76N10O7/c1-37(59-49(67)44-29-18-32-62(44)50(68)42(27-15-16-30-54)60-48(66)43(57-2)33-38-19-7-3-8-20-38)47(65)61-53(34-39-21-9-4-10-22-39,35-40-23-11-5-12-24-40)36-46(64)63(41-25-13-6-14-26-41)45(51(69)70)28-17-31-58-52(55)56/h3-5,7-12,19-24,37,41-45,57H,6,13-18,25-36,54H2,1-2H3,(H,59,67)(H,60,66)(H,61,65)(H,69,70)(H4,55,56,58)/t37-,42-,43-,44-,45+/m0/s1. The normalized spacial score (nSPS) is 16.8. The fraction of sp³-hybridized carbons (Fsp3) is 0.528. The number of benzene rings is 3. The number of aliphatic carboxylic acids is 1. The third-order valence-corrected chi connectivity index (χ3v) is 13.6. The molecule has 0 spiro atoms. The summed E-state index contributed by atoms with van der Waals surface area (Å²) < 4.78 is 0. The molecule has 1 saturated heterocycles. The molecule has 3 aromatic rings. The largest absolute Gasteiger partial charge is 0.480 e. The van der Waals surface area contributed by atoms with Crippen LogP contribution in [0.2, 0.25) is 0 Å². The summed E-state index contributed by atoms with van der Waals surface area (Å²) in [6.07, 6.45) is 7.51. The molecule has 11 N–H and O–H groups in total. The van der Waals surface area contributed by atoms with Crippen molar-refractivity contribution < 1.29 is 33.9 Å². The summed E-state index contributed by atoms with van der Waals surface area (Å²) in [6, 6.07) is 23.6. The molecule has 1 heterocycles. The van der Waals surface area contributed by atoms with Gasteiger partial charge in [-0.15, -0.1) is 0 Å². The van der Waals surface area contributed by atoms with E-state index in [0.29, 0.717) is 70.9 Å². The maximum Gasteiger partial charge on any atom is 0.326 e. The Bertz CT molecular complexity index is 2130. The number of unbranched alkanes of at least 4 members (excludes halogenated alkanes) is 1. The van der Waals surface area contributed by atoms with Gasteiger partial charge in [-0.05, 0) is 114 Å². The van der Waals surface area contributed by atoms with E-state index in [9.17, 15) is 29.1 Å². The van der Waals surface area contributed by atoms with Gasteiger partial charge in [0.05, 0.1) is 18.0 Å². The van der Waals surface area contributed by atoms with Crippen LogP contribution in [0.1, 0.15) is 107 Å². The summed E-state index contributed by atoms with van der Waals surface area (Å²) in [5, 5.41) is 22.9. The predicted octanol–water partition coefficient (Wildman–Crippen LogP) is 3.33. The fourth-order valence-electron chi connectivity index (χ4n) is 9.99. The molecular formula is C53H76N10O7. The molecule has 5 atom stereocenters. The van der Waals surface area contributed by atoms with Gasteiger partial charge in [0.2, 0.25) is 29.5 Å². The molecule has 2 fully saturated rings. The minimum Gasteiger partial charge on any atom is -0.480 e. The molecule has 380 valence electrons. The maximum absolute atomic E-state index is 15.2. The molecule has 1 aliphatic heterocycles. The van der Waals surface area contributed by atoms with Crippen LogP contribution in [-0.2, 0) is 48.0 Å². The van der Waals surface area contributed by atoms with Gasteiger partial charge in [-0.2, -0.15) is 0 Å². The van der Waals surface area contributed by atoms with Crippen molar-refractivity contribution in [3.8, 4) is 0 Å². The molecule has 2 aliphatic rings. The van der Waals surface area contributed by atoms with Crippen molar-refractivity contribution in [1.82, 2.24) is 31.1 Å². The van der Waals surface area contributed by atoms with Gasteiger partial charge < -0.3 is 53.4 Å². The number of rotatable bonds is 27. The van der Waals surface area contributed by atoms with Crippen molar-refractivity contribution in [2.24, 2.45) is 22.2 Å². The minimum atomic E-state index is -1.29. The Morgan fingerprint density at radius 3 is 1.91 bits per heavy atom. The van der Waals surface area contributed by atoms with E-state index in [1.54, 1.807) is 18.9 Å². The van der Waals surface area contributed by atoms with Gasteiger partial charge >= 0.3 is 5.97 Å². The van der Waals surface area contributed by atoms with E-state index >= 15 is 4.79 Å². The molecule has 1 aliphatic carbocycles. The molecule has 0 unspecified atom stereocenters. The number of carbonyl (C=O) groups is 6.